The molecule has 0 amide bonds. The fraction of sp³-hybridized carbons (Fsp3) is 0.625. The summed E-state index contributed by atoms with van der Waals surface area (Å²) >= 11 is 1.65. The van der Waals surface area contributed by atoms with Gasteiger partial charge in [-0.15, -0.1) is 11.8 Å². The second kappa shape index (κ2) is 3.89. The number of thioether (sulfide) groups is 1. The number of aromatic nitrogens is 2. The van der Waals surface area contributed by atoms with Crippen LogP contribution in [-0.2, 0) is 17.8 Å². The van der Waals surface area contributed by atoms with E-state index in [1.54, 1.807) is 25.1 Å². The lowest BCUT2D eigenvalue weighted by Crippen LogP contribution is -1.93. The van der Waals surface area contributed by atoms with E-state index in [2.05, 4.69) is 5.10 Å². The Morgan fingerprint density at radius 1 is 1.62 bits per heavy atom. The lowest BCUT2D eigenvalue weighted by atomic mass is 10.5. The van der Waals surface area contributed by atoms with Gasteiger partial charge in [-0.05, 0) is 25.7 Å². The largest absolute Gasteiger partial charge is 0.324 e. The van der Waals surface area contributed by atoms with E-state index in [9.17, 15) is 4.57 Å². The van der Waals surface area contributed by atoms with Gasteiger partial charge >= 0.3 is 0 Å². The van der Waals surface area contributed by atoms with Gasteiger partial charge in [0.05, 0.1) is 17.9 Å². The molecule has 0 unspecified atom stereocenters. The second-order valence-electron chi connectivity index (χ2n) is 3.53. The van der Waals surface area contributed by atoms with Gasteiger partial charge in [-0.25, -0.2) is 0 Å². The zero-order chi connectivity index (χ0) is 10.1. The molecule has 0 aliphatic carbocycles. The number of rotatable bonds is 3. The van der Waals surface area contributed by atoms with Crippen LogP contribution < -0.4 is 0 Å². The van der Waals surface area contributed by atoms with Gasteiger partial charge in [0.15, 0.2) is 0 Å². The Kier molecular flexibility index (Phi) is 3.25. The highest BCUT2D eigenvalue weighted by atomic mass is 32.2. The Hall–Kier alpha value is -0.210. The van der Waals surface area contributed by atoms with Gasteiger partial charge in [-0.1, -0.05) is 0 Å². The third-order valence-electron chi connectivity index (χ3n) is 1.64. The van der Waals surface area contributed by atoms with Crippen LogP contribution in [0.1, 0.15) is 5.69 Å². The van der Waals surface area contributed by atoms with Gasteiger partial charge in [0.25, 0.3) is 0 Å². The topological polar surface area (TPSA) is 34.9 Å². The lowest BCUT2D eigenvalue weighted by Gasteiger charge is -2.01. The van der Waals surface area contributed by atoms with Crippen LogP contribution in [-0.4, -0.2) is 29.4 Å². The van der Waals surface area contributed by atoms with Crippen molar-refractivity contribution in [2.45, 2.75) is 11.2 Å². The van der Waals surface area contributed by atoms with Gasteiger partial charge in [0, 0.05) is 13.2 Å². The fourth-order valence-corrected chi connectivity index (χ4v) is 2.66. The van der Waals surface area contributed by atoms with Crippen LogP contribution in [0.15, 0.2) is 11.1 Å². The summed E-state index contributed by atoms with van der Waals surface area (Å²) in [5.41, 5.74) is 0.931. The minimum absolute atomic E-state index is 0.599. The van der Waals surface area contributed by atoms with E-state index < -0.39 is 7.14 Å². The first kappa shape index (κ1) is 10.9. The van der Waals surface area contributed by atoms with Crippen molar-refractivity contribution >= 4 is 18.9 Å². The number of aryl methyl sites for hydroxylation is 1. The molecule has 0 N–H and O–H groups in total. The molecule has 0 fully saturated rings. The predicted octanol–water partition coefficient (Wildman–Crippen LogP) is 2.26. The van der Waals surface area contributed by atoms with Crippen LogP contribution in [0.3, 0.4) is 0 Å². The molecule has 74 valence electrons. The molecular formula is C8H15N2OPS. The summed E-state index contributed by atoms with van der Waals surface area (Å²) in [4.78, 5) is 0. The summed E-state index contributed by atoms with van der Waals surface area (Å²) in [6.45, 7) is 3.58. The van der Waals surface area contributed by atoms with Crippen molar-refractivity contribution in [3.8, 4) is 0 Å². The van der Waals surface area contributed by atoms with E-state index in [-0.39, 0.29) is 0 Å². The first-order chi connectivity index (χ1) is 5.92. The van der Waals surface area contributed by atoms with Crippen molar-refractivity contribution in [2.24, 2.45) is 7.05 Å². The fourth-order valence-electron chi connectivity index (χ4n) is 1.17. The van der Waals surface area contributed by atoms with Gasteiger partial charge in [-0.3, -0.25) is 4.68 Å². The average molecular weight is 218 g/mol. The van der Waals surface area contributed by atoms with Crippen LogP contribution in [0, 0.1) is 0 Å². The Morgan fingerprint density at radius 2 is 2.23 bits per heavy atom. The van der Waals surface area contributed by atoms with Crippen molar-refractivity contribution in [3.63, 3.8) is 0 Å². The molecule has 0 spiro atoms. The van der Waals surface area contributed by atoms with E-state index >= 15 is 0 Å². The van der Waals surface area contributed by atoms with Gasteiger partial charge in [-0.2, -0.15) is 5.10 Å². The van der Waals surface area contributed by atoms with Crippen LogP contribution in [0.25, 0.3) is 0 Å². The lowest BCUT2D eigenvalue weighted by molar-refractivity contribution is 0.581. The molecule has 1 heterocycles. The predicted molar refractivity (Wildman–Crippen MR) is 58.1 cm³/mol. The third kappa shape index (κ3) is 3.20. The molecule has 1 aromatic heterocycles. The summed E-state index contributed by atoms with van der Waals surface area (Å²) in [6, 6.07) is 2.00. The molecule has 0 aliphatic rings. The molecule has 5 heteroatoms. The summed E-state index contributed by atoms with van der Waals surface area (Å²) in [7, 11) is -0.0814. The minimum atomic E-state index is -1.99. The summed E-state index contributed by atoms with van der Waals surface area (Å²) in [5, 5.41) is 5.40. The summed E-state index contributed by atoms with van der Waals surface area (Å²) in [6.07, 6.45) is 2.61. The Morgan fingerprint density at radius 3 is 2.62 bits per heavy atom. The molecule has 0 bridgehead atoms. The van der Waals surface area contributed by atoms with Crippen molar-refractivity contribution in [3.05, 3.63) is 11.8 Å². The van der Waals surface area contributed by atoms with Gasteiger partial charge in [0.2, 0.25) is 0 Å². The van der Waals surface area contributed by atoms with Crippen molar-refractivity contribution in [1.82, 2.24) is 9.78 Å². The van der Waals surface area contributed by atoms with Crippen LogP contribution in [0.5, 0.6) is 0 Å². The van der Waals surface area contributed by atoms with Crippen LogP contribution >= 0.6 is 18.9 Å². The van der Waals surface area contributed by atoms with Gasteiger partial charge in [0.1, 0.15) is 0 Å². The normalized spacial score (nSPS) is 12.0. The van der Waals surface area contributed by atoms with Crippen molar-refractivity contribution in [2.75, 3.05) is 19.6 Å². The van der Waals surface area contributed by atoms with Crippen LogP contribution in [0.2, 0.25) is 0 Å². The molecule has 1 aromatic rings. The maximum absolute atomic E-state index is 11.5. The molecule has 0 saturated heterocycles. The second-order valence-corrected chi connectivity index (χ2v) is 7.82. The molecule has 13 heavy (non-hydrogen) atoms. The maximum Gasteiger partial charge on any atom is 0.0936 e. The minimum Gasteiger partial charge on any atom is -0.324 e. The molecule has 0 aliphatic heterocycles. The zero-order valence-electron chi connectivity index (χ0n) is 8.44. The quantitative estimate of drug-likeness (QED) is 0.576. The molecule has 0 radical (unpaired) electrons. The van der Waals surface area contributed by atoms with E-state index in [0.717, 1.165) is 10.7 Å². The molecule has 1 rings (SSSR count). The van der Waals surface area contributed by atoms with Gasteiger partial charge < -0.3 is 4.57 Å². The Balaban J connectivity index is 2.86. The SMILES string of the molecule is CSc1cc(CP(C)(C)=O)nn1C. The Bertz CT molecular complexity index is 342. The zero-order valence-corrected chi connectivity index (χ0v) is 10.2. The first-order valence-electron chi connectivity index (χ1n) is 4.03. The molecule has 0 aromatic carbocycles. The molecule has 0 saturated carbocycles. The van der Waals surface area contributed by atoms with E-state index in [1.807, 2.05) is 24.1 Å². The highest BCUT2D eigenvalue weighted by Gasteiger charge is 2.12. The standard InChI is InChI=1S/C8H15N2OPS/c1-10-8(13-4)5-7(9-10)6-12(2,3)11/h5H,6H2,1-4H3. The molecule has 3 nitrogen and oxygen atoms in total. The molecular weight excluding hydrogens is 203 g/mol. The highest BCUT2D eigenvalue weighted by molar-refractivity contribution is 7.98. The first-order valence-corrected chi connectivity index (χ1v) is 8.04. The van der Waals surface area contributed by atoms with E-state index in [4.69, 9.17) is 0 Å². The number of hydrogen-bond donors (Lipinski definition) is 0. The Labute approximate surface area is 83.3 Å². The monoisotopic (exact) mass is 218 g/mol. The molecule has 0 atom stereocenters. The highest BCUT2D eigenvalue weighted by Crippen LogP contribution is 2.40. The maximum atomic E-state index is 11.5. The van der Waals surface area contributed by atoms with E-state index in [0.29, 0.717) is 6.16 Å². The third-order valence-corrected chi connectivity index (χ3v) is 3.53. The summed E-state index contributed by atoms with van der Waals surface area (Å²) < 4.78 is 13.4. The summed E-state index contributed by atoms with van der Waals surface area (Å²) in [5.74, 6) is 0. The van der Waals surface area contributed by atoms with Crippen molar-refractivity contribution < 1.29 is 4.57 Å². The number of hydrogen-bond acceptors (Lipinski definition) is 3. The van der Waals surface area contributed by atoms with Crippen LogP contribution in [0.4, 0.5) is 0 Å². The number of nitrogens with zero attached hydrogens (tertiary/aromatic N) is 2. The van der Waals surface area contributed by atoms with E-state index in [1.165, 1.54) is 0 Å². The average Bonchev–Trinajstić information content (AvgIpc) is 2.26. The van der Waals surface area contributed by atoms with Crippen molar-refractivity contribution in [1.29, 1.82) is 0 Å². The smallest absolute Gasteiger partial charge is 0.0936 e.